The first-order valence-electron chi connectivity index (χ1n) is 8.27. The number of hydrogen-bond donors (Lipinski definition) is 1. The van der Waals surface area contributed by atoms with Crippen LogP contribution < -0.4 is 5.32 Å². The van der Waals surface area contributed by atoms with Gasteiger partial charge in [0.05, 0.1) is 12.2 Å². The second kappa shape index (κ2) is 7.63. The van der Waals surface area contributed by atoms with Crippen LogP contribution in [-0.4, -0.2) is 53.2 Å². The van der Waals surface area contributed by atoms with Crippen molar-refractivity contribution >= 4 is 6.03 Å². The highest BCUT2D eigenvalue weighted by atomic mass is 16.5. The molecule has 0 radical (unpaired) electrons. The predicted molar refractivity (Wildman–Crippen MR) is 85.7 cm³/mol. The second-order valence-electron chi connectivity index (χ2n) is 6.14. The third-order valence-corrected chi connectivity index (χ3v) is 4.36. The van der Waals surface area contributed by atoms with Gasteiger partial charge in [0.15, 0.2) is 5.76 Å². The van der Waals surface area contributed by atoms with Gasteiger partial charge < -0.3 is 14.7 Å². The molecule has 1 fully saturated rings. The zero-order chi connectivity index (χ0) is 16.1. The van der Waals surface area contributed by atoms with Gasteiger partial charge in [0.1, 0.15) is 0 Å². The Kier molecular flexibility index (Phi) is 5.83. The average molecular weight is 308 g/mol. The van der Waals surface area contributed by atoms with Crippen molar-refractivity contribution in [2.45, 2.75) is 52.6 Å². The van der Waals surface area contributed by atoms with Crippen molar-refractivity contribution in [3.63, 3.8) is 0 Å². The lowest BCUT2D eigenvalue weighted by Crippen LogP contribution is -2.42. The summed E-state index contributed by atoms with van der Waals surface area (Å²) in [6.45, 7) is 12.6. The van der Waals surface area contributed by atoms with Crippen LogP contribution in [0.3, 0.4) is 0 Å². The van der Waals surface area contributed by atoms with Gasteiger partial charge in [0.2, 0.25) is 0 Å². The molecule has 0 aromatic carbocycles. The third-order valence-electron chi connectivity index (χ3n) is 4.36. The summed E-state index contributed by atoms with van der Waals surface area (Å²) >= 11 is 0. The summed E-state index contributed by atoms with van der Waals surface area (Å²) in [6.07, 6.45) is 1.05. The molecule has 1 saturated heterocycles. The van der Waals surface area contributed by atoms with Crippen molar-refractivity contribution in [3.05, 3.63) is 17.5 Å². The van der Waals surface area contributed by atoms with E-state index in [2.05, 4.69) is 43.1 Å². The number of nitrogens with zero attached hydrogens (tertiary/aromatic N) is 3. The molecular weight excluding hydrogens is 280 g/mol. The van der Waals surface area contributed by atoms with Crippen molar-refractivity contribution in [3.8, 4) is 0 Å². The van der Waals surface area contributed by atoms with E-state index in [0.29, 0.717) is 24.3 Å². The first kappa shape index (κ1) is 16.8. The van der Waals surface area contributed by atoms with E-state index in [9.17, 15) is 4.79 Å². The van der Waals surface area contributed by atoms with Gasteiger partial charge in [-0.25, -0.2) is 4.79 Å². The van der Waals surface area contributed by atoms with Crippen LogP contribution in [0.25, 0.3) is 0 Å². The minimum Gasteiger partial charge on any atom is -0.359 e. The molecule has 0 bridgehead atoms. The molecule has 1 aromatic heterocycles. The molecule has 1 atom stereocenters. The number of aromatic nitrogens is 1. The maximum Gasteiger partial charge on any atom is 0.317 e. The van der Waals surface area contributed by atoms with Crippen LogP contribution in [-0.2, 0) is 6.54 Å². The molecule has 1 aromatic rings. The highest BCUT2D eigenvalue weighted by Gasteiger charge is 2.29. The first-order valence-corrected chi connectivity index (χ1v) is 8.27. The van der Waals surface area contributed by atoms with E-state index < -0.39 is 0 Å². The van der Waals surface area contributed by atoms with Crippen molar-refractivity contribution in [2.24, 2.45) is 0 Å². The van der Waals surface area contributed by atoms with E-state index in [-0.39, 0.29) is 6.03 Å². The summed E-state index contributed by atoms with van der Waals surface area (Å²) in [5, 5.41) is 6.93. The van der Waals surface area contributed by atoms with Gasteiger partial charge in [0.25, 0.3) is 0 Å². The zero-order valence-electron chi connectivity index (χ0n) is 14.1. The predicted octanol–water partition coefficient (Wildman–Crippen LogP) is 2.42. The molecule has 124 valence electrons. The molecule has 2 rings (SSSR count). The van der Waals surface area contributed by atoms with Crippen LogP contribution in [0.15, 0.2) is 10.6 Å². The van der Waals surface area contributed by atoms with Gasteiger partial charge in [-0.1, -0.05) is 32.9 Å². The maximum absolute atomic E-state index is 12.2. The SMILES string of the molecule is CCN(CC)[C@@H]1CCN(C(=O)NCc2cc(C(C)C)no2)C1. The summed E-state index contributed by atoms with van der Waals surface area (Å²) in [7, 11) is 0. The van der Waals surface area contributed by atoms with Crippen molar-refractivity contribution in [2.75, 3.05) is 26.2 Å². The van der Waals surface area contributed by atoms with Crippen LogP contribution in [0.5, 0.6) is 0 Å². The number of hydrogen-bond acceptors (Lipinski definition) is 4. The van der Waals surface area contributed by atoms with Crippen LogP contribution in [0.2, 0.25) is 0 Å². The number of likely N-dealkylation sites (N-methyl/N-ethyl adjacent to an activating group) is 1. The van der Waals surface area contributed by atoms with Gasteiger partial charge in [0, 0.05) is 25.2 Å². The average Bonchev–Trinajstić information content (AvgIpc) is 3.15. The first-order chi connectivity index (χ1) is 10.5. The number of carbonyl (C=O) groups is 1. The minimum atomic E-state index is -0.0165. The highest BCUT2D eigenvalue weighted by molar-refractivity contribution is 5.74. The Bertz CT molecular complexity index is 482. The third kappa shape index (κ3) is 4.00. The van der Waals surface area contributed by atoms with Crippen LogP contribution in [0, 0.1) is 0 Å². The zero-order valence-corrected chi connectivity index (χ0v) is 14.1. The van der Waals surface area contributed by atoms with Crippen LogP contribution in [0.4, 0.5) is 4.79 Å². The summed E-state index contributed by atoms with van der Waals surface area (Å²) < 4.78 is 5.24. The fourth-order valence-electron chi connectivity index (χ4n) is 2.92. The van der Waals surface area contributed by atoms with E-state index in [0.717, 1.165) is 38.3 Å². The van der Waals surface area contributed by atoms with Gasteiger partial charge in [-0.3, -0.25) is 4.90 Å². The Morgan fingerprint density at radius 3 is 2.82 bits per heavy atom. The smallest absolute Gasteiger partial charge is 0.317 e. The van der Waals surface area contributed by atoms with Crippen molar-refractivity contribution < 1.29 is 9.32 Å². The van der Waals surface area contributed by atoms with Crippen LogP contribution >= 0.6 is 0 Å². The van der Waals surface area contributed by atoms with E-state index in [1.807, 2.05) is 11.0 Å². The van der Waals surface area contributed by atoms with E-state index >= 15 is 0 Å². The van der Waals surface area contributed by atoms with Gasteiger partial charge in [-0.15, -0.1) is 0 Å². The molecule has 2 heterocycles. The number of urea groups is 1. The lowest BCUT2D eigenvalue weighted by Gasteiger charge is -2.26. The number of nitrogens with one attached hydrogen (secondary N) is 1. The highest BCUT2D eigenvalue weighted by Crippen LogP contribution is 2.16. The lowest BCUT2D eigenvalue weighted by molar-refractivity contribution is 0.191. The summed E-state index contributed by atoms with van der Waals surface area (Å²) in [5.41, 5.74) is 0.923. The van der Waals surface area contributed by atoms with Crippen molar-refractivity contribution in [1.29, 1.82) is 0 Å². The largest absolute Gasteiger partial charge is 0.359 e. The Hall–Kier alpha value is -1.56. The molecule has 22 heavy (non-hydrogen) atoms. The standard InChI is InChI=1S/C16H28N4O2/c1-5-19(6-2)13-7-8-20(11-13)16(21)17-10-14-9-15(12(3)4)18-22-14/h9,12-13H,5-8,10-11H2,1-4H3,(H,17,21)/t13-/m1/s1. The Labute approximate surface area is 132 Å². The lowest BCUT2D eigenvalue weighted by atomic mass is 10.1. The molecule has 2 amide bonds. The molecule has 0 spiro atoms. The second-order valence-corrected chi connectivity index (χ2v) is 6.14. The van der Waals surface area contributed by atoms with E-state index in [4.69, 9.17) is 4.52 Å². The van der Waals surface area contributed by atoms with E-state index in [1.165, 1.54) is 0 Å². The fourth-order valence-corrected chi connectivity index (χ4v) is 2.92. The topological polar surface area (TPSA) is 61.6 Å². The molecular formula is C16H28N4O2. The summed E-state index contributed by atoms with van der Waals surface area (Å²) in [6, 6.07) is 2.38. The van der Waals surface area contributed by atoms with Gasteiger partial charge >= 0.3 is 6.03 Å². The maximum atomic E-state index is 12.2. The van der Waals surface area contributed by atoms with Gasteiger partial charge in [-0.05, 0) is 25.4 Å². The number of likely N-dealkylation sites (tertiary alicyclic amines) is 1. The fraction of sp³-hybridized carbons (Fsp3) is 0.750. The van der Waals surface area contributed by atoms with Gasteiger partial charge in [-0.2, -0.15) is 0 Å². The quantitative estimate of drug-likeness (QED) is 0.877. The molecule has 1 N–H and O–H groups in total. The monoisotopic (exact) mass is 308 g/mol. The van der Waals surface area contributed by atoms with Crippen LogP contribution in [0.1, 0.15) is 51.5 Å². The van der Waals surface area contributed by atoms with E-state index in [1.54, 1.807) is 0 Å². The number of carbonyl (C=O) groups excluding carboxylic acids is 1. The minimum absolute atomic E-state index is 0.0165. The molecule has 6 heteroatoms. The number of rotatable bonds is 6. The van der Waals surface area contributed by atoms with Crippen molar-refractivity contribution in [1.82, 2.24) is 20.3 Å². The molecule has 0 unspecified atom stereocenters. The Morgan fingerprint density at radius 2 is 2.23 bits per heavy atom. The summed E-state index contributed by atoms with van der Waals surface area (Å²) in [4.78, 5) is 16.5. The Balaban J connectivity index is 1.80. The normalized spacial score (nSPS) is 18.5. The molecule has 0 saturated carbocycles. The Morgan fingerprint density at radius 1 is 1.50 bits per heavy atom. The molecule has 6 nitrogen and oxygen atoms in total. The molecule has 0 aliphatic carbocycles. The molecule has 1 aliphatic rings. The summed E-state index contributed by atoms with van der Waals surface area (Å²) in [5.74, 6) is 1.04. The molecule has 1 aliphatic heterocycles. The number of amides is 2.